The summed E-state index contributed by atoms with van der Waals surface area (Å²) in [6.45, 7) is 4.36. The van der Waals surface area contributed by atoms with Gasteiger partial charge in [-0.1, -0.05) is 23.8 Å². The van der Waals surface area contributed by atoms with Crippen molar-refractivity contribution in [2.75, 3.05) is 18.4 Å². The lowest BCUT2D eigenvalue weighted by molar-refractivity contribution is -0.120. The van der Waals surface area contributed by atoms with Crippen molar-refractivity contribution in [3.8, 4) is 5.75 Å². The number of piperidine rings is 1. The summed E-state index contributed by atoms with van der Waals surface area (Å²) in [6, 6.07) is 11.7. The first kappa shape index (κ1) is 19.4. The molecule has 2 N–H and O–H groups in total. The lowest BCUT2D eigenvalue weighted by Crippen LogP contribution is -2.41. The Hall–Kier alpha value is -2.38. The van der Waals surface area contributed by atoms with Gasteiger partial charge in [-0.25, -0.2) is 8.42 Å². The van der Waals surface area contributed by atoms with E-state index < -0.39 is 10.0 Å². The number of nitrogens with one attached hydrogen (secondary N) is 1. The predicted molar refractivity (Wildman–Crippen MR) is 104 cm³/mol. The zero-order valence-electron chi connectivity index (χ0n) is 15.5. The average molecular weight is 388 g/mol. The van der Waals surface area contributed by atoms with Gasteiger partial charge >= 0.3 is 0 Å². The van der Waals surface area contributed by atoms with Gasteiger partial charge in [-0.2, -0.15) is 4.31 Å². The Morgan fingerprint density at radius 3 is 2.44 bits per heavy atom. The summed E-state index contributed by atoms with van der Waals surface area (Å²) in [5.41, 5.74) is 2.29. The highest BCUT2D eigenvalue weighted by Gasteiger charge is 2.32. The minimum atomic E-state index is -3.55. The monoisotopic (exact) mass is 388 g/mol. The maximum absolute atomic E-state index is 12.9. The molecule has 2 aromatic rings. The van der Waals surface area contributed by atoms with Gasteiger partial charge in [0.1, 0.15) is 5.75 Å². The zero-order chi connectivity index (χ0) is 19.6. The van der Waals surface area contributed by atoms with E-state index in [1.54, 1.807) is 31.2 Å². The number of carbonyl (C=O) groups is 1. The van der Waals surface area contributed by atoms with Crippen LogP contribution in [0.15, 0.2) is 47.4 Å². The molecule has 0 spiro atoms. The molecular formula is C20H24N2O4S. The van der Waals surface area contributed by atoms with E-state index in [2.05, 4.69) is 5.32 Å². The highest BCUT2D eigenvalue weighted by Crippen LogP contribution is 2.27. The van der Waals surface area contributed by atoms with Gasteiger partial charge in [-0.15, -0.1) is 0 Å². The van der Waals surface area contributed by atoms with Crippen LogP contribution in [-0.4, -0.2) is 36.8 Å². The standard InChI is InChI=1S/C20H24N2O4S/c1-14-6-7-19(15(2)12-14)27(25,26)22-10-8-16(9-11-22)20(24)21-17-4-3-5-18(23)13-17/h3-7,12-13,16,23H,8-11H2,1-2H3,(H,21,24). The van der Waals surface area contributed by atoms with Crippen LogP contribution in [0.5, 0.6) is 5.75 Å². The van der Waals surface area contributed by atoms with Crippen LogP contribution in [0.2, 0.25) is 0 Å². The lowest BCUT2D eigenvalue weighted by Gasteiger charge is -2.31. The van der Waals surface area contributed by atoms with Crippen molar-refractivity contribution in [3.05, 3.63) is 53.6 Å². The van der Waals surface area contributed by atoms with E-state index in [9.17, 15) is 18.3 Å². The molecule has 1 aliphatic rings. The van der Waals surface area contributed by atoms with Gasteiger partial charge in [0.15, 0.2) is 0 Å². The molecule has 1 saturated heterocycles. The quantitative estimate of drug-likeness (QED) is 0.843. The molecule has 0 bridgehead atoms. The van der Waals surface area contributed by atoms with E-state index in [-0.39, 0.29) is 17.6 Å². The number of aromatic hydroxyl groups is 1. The number of carbonyl (C=O) groups excluding carboxylic acids is 1. The number of rotatable bonds is 4. The number of nitrogens with zero attached hydrogens (tertiary/aromatic N) is 1. The van der Waals surface area contributed by atoms with Gasteiger partial charge in [0.25, 0.3) is 0 Å². The number of amides is 1. The first-order chi connectivity index (χ1) is 12.8. The second kappa shape index (κ2) is 7.70. The van der Waals surface area contributed by atoms with Crippen LogP contribution in [0.3, 0.4) is 0 Å². The van der Waals surface area contributed by atoms with Crippen molar-refractivity contribution in [1.29, 1.82) is 0 Å². The normalized spacial score (nSPS) is 16.2. The summed E-state index contributed by atoms with van der Waals surface area (Å²) < 4.78 is 27.3. The number of anilines is 1. The van der Waals surface area contributed by atoms with E-state index in [0.29, 0.717) is 36.5 Å². The Labute approximate surface area is 159 Å². The molecule has 1 aliphatic heterocycles. The SMILES string of the molecule is Cc1ccc(S(=O)(=O)N2CCC(C(=O)Nc3cccc(O)c3)CC2)c(C)c1. The van der Waals surface area contributed by atoms with Crippen molar-refractivity contribution in [3.63, 3.8) is 0 Å². The number of hydrogen-bond acceptors (Lipinski definition) is 4. The van der Waals surface area contributed by atoms with Crippen molar-refractivity contribution in [1.82, 2.24) is 4.31 Å². The van der Waals surface area contributed by atoms with Crippen molar-refractivity contribution in [2.24, 2.45) is 5.92 Å². The number of aryl methyl sites for hydroxylation is 2. The van der Waals surface area contributed by atoms with Crippen LogP contribution in [0, 0.1) is 19.8 Å². The van der Waals surface area contributed by atoms with Crippen LogP contribution in [0.1, 0.15) is 24.0 Å². The van der Waals surface area contributed by atoms with Gasteiger partial charge in [-0.05, 0) is 50.5 Å². The molecule has 1 heterocycles. The Morgan fingerprint density at radius 2 is 1.81 bits per heavy atom. The molecule has 0 aromatic heterocycles. The minimum Gasteiger partial charge on any atom is -0.508 e. The maximum Gasteiger partial charge on any atom is 0.243 e. The van der Waals surface area contributed by atoms with Crippen molar-refractivity contribution in [2.45, 2.75) is 31.6 Å². The highest BCUT2D eigenvalue weighted by molar-refractivity contribution is 7.89. The number of phenols is 1. The maximum atomic E-state index is 12.9. The first-order valence-corrected chi connectivity index (χ1v) is 10.4. The summed E-state index contributed by atoms with van der Waals surface area (Å²) in [6.07, 6.45) is 0.934. The van der Waals surface area contributed by atoms with Crippen molar-refractivity contribution < 1.29 is 18.3 Å². The fourth-order valence-electron chi connectivity index (χ4n) is 3.41. The molecule has 1 fully saturated rings. The van der Waals surface area contributed by atoms with Gasteiger partial charge in [0.2, 0.25) is 15.9 Å². The van der Waals surface area contributed by atoms with Gasteiger partial charge in [0, 0.05) is 30.8 Å². The molecule has 1 amide bonds. The van der Waals surface area contributed by atoms with Gasteiger partial charge in [-0.3, -0.25) is 4.79 Å². The topological polar surface area (TPSA) is 86.7 Å². The molecule has 0 atom stereocenters. The van der Waals surface area contributed by atoms with Crippen molar-refractivity contribution >= 4 is 21.6 Å². The van der Waals surface area contributed by atoms with E-state index in [1.807, 2.05) is 13.0 Å². The van der Waals surface area contributed by atoms with E-state index >= 15 is 0 Å². The predicted octanol–water partition coefficient (Wildman–Crippen LogP) is 3.05. The third-order valence-electron chi connectivity index (χ3n) is 4.89. The molecule has 27 heavy (non-hydrogen) atoms. The fraction of sp³-hybridized carbons (Fsp3) is 0.350. The van der Waals surface area contributed by atoms with Gasteiger partial charge < -0.3 is 10.4 Å². The molecule has 0 aliphatic carbocycles. The summed E-state index contributed by atoms with van der Waals surface area (Å²) in [7, 11) is -3.55. The summed E-state index contributed by atoms with van der Waals surface area (Å²) in [5, 5.41) is 12.3. The van der Waals surface area contributed by atoms with Crippen LogP contribution < -0.4 is 5.32 Å². The molecule has 0 unspecified atom stereocenters. The van der Waals surface area contributed by atoms with E-state index in [1.165, 1.54) is 16.4 Å². The minimum absolute atomic E-state index is 0.0854. The number of hydrogen-bond donors (Lipinski definition) is 2. The summed E-state index contributed by atoms with van der Waals surface area (Å²) in [5.74, 6) is -0.316. The summed E-state index contributed by atoms with van der Waals surface area (Å²) >= 11 is 0. The molecule has 0 radical (unpaired) electrons. The lowest BCUT2D eigenvalue weighted by atomic mass is 9.97. The second-order valence-electron chi connectivity index (χ2n) is 6.99. The number of sulfonamides is 1. The highest BCUT2D eigenvalue weighted by atomic mass is 32.2. The van der Waals surface area contributed by atoms with Crippen LogP contribution in [-0.2, 0) is 14.8 Å². The first-order valence-electron chi connectivity index (χ1n) is 8.94. The van der Waals surface area contributed by atoms with E-state index in [4.69, 9.17) is 0 Å². The molecule has 6 nitrogen and oxygen atoms in total. The van der Waals surface area contributed by atoms with Gasteiger partial charge in [0.05, 0.1) is 4.90 Å². The summed E-state index contributed by atoms with van der Waals surface area (Å²) in [4.78, 5) is 12.8. The Bertz CT molecular complexity index is 948. The largest absolute Gasteiger partial charge is 0.508 e. The Balaban J connectivity index is 1.65. The zero-order valence-corrected chi connectivity index (χ0v) is 16.3. The van der Waals surface area contributed by atoms with E-state index in [0.717, 1.165) is 11.1 Å². The second-order valence-corrected chi connectivity index (χ2v) is 8.89. The van der Waals surface area contributed by atoms with Crippen LogP contribution in [0.25, 0.3) is 0 Å². The number of benzene rings is 2. The molecule has 144 valence electrons. The molecule has 3 rings (SSSR count). The fourth-order valence-corrected chi connectivity index (χ4v) is 5.09. The Morgan fingerprint density at radius 1 is 1.11 bits per heavy atom. The number of phenolic OH excluding ortho intramolecular Hbond substituents is 1. The molecule has 2 aromatic carbocycles. The molecular weight excluding hydrogens is 364 g/mol. The average Bonchev–Trinajstić information content (AvgIpc) is 2.61. The smallest absolute Gasteiger partial charge is 0.243 e. The van der Waals surface area contributed by atoms with Crippen LogP contribution in [0.4, 0.5) is 5.69 Å². The Kier molecular flexibility index (Phi) is 5.53. The third-order valence-corrected chi connectivity index (χ3v) is 6.95. The third kappa shape index (κ3) is 4.31. The van der Waals surface area contributed by atoms with Crippen LogP contribution >= 0.6 is 0 Å². The molecule has 0 saturated carbocycles. The molecule has 7 heteroatoms.